The summed E-state index contributed by atoms with van der Waals surface area (Å²) in [5.74, 6) is 0.00384. The summed E-state index contributed by atoms with van der Waals surface area (Å²) in [4.78, 5) is 36.6. The SMILES string of the molecule is CC(C)C[C@@H](NC(=O)OCc1ccccc1)C(=O)N[C@H](C)CCCCNC(=O)OC(C)(C)C. The number of carbonyl (C=O) groups is 3. The molecule has 0 saturated carbocycles. The zero-order valence-electron chi connectivity index (χ0n) is 20.9. The van der Waals surface area contributed by atoms with E-state index >= 15 is 0 Å². The first-order valence-electron chi connectivity index (χ1n) is 11.7. The summed E-state index contributed by atoms with van der Waals surface area (Å²) in [6.07, 6.45) is 1.84. The number of hydrogen-bond acceptors (Lipinski definition) is 5. The van der Waals surface area contributed by atoms with Crippen LogP contribution in [-0.4, -0.2) is 42.3 Å². The molecule has 1 aromatic rings. The average molecular weight is 464 g/mol. The van der Waals surface area contributed by atoms with Crippen LogP contribution in [0.4, 0.5) is 9.59 Å². The average Bonchev–Trinajstić information content (AvgIpc) is 2.70. The van der Waals surface area contributed by atoms with Gasteiger partial charge in [0.15, 0.2) is 0 Å². The number of alkyl carbamates (subject to hydrolysis) is 2. The molecular weight excluding hydrogens is 422 g/mol. The third-order valence-electron chi connectivity index (χ3n) is 4.65. The third kappa shape index (κ3) is 14.1. The molecule has 3 N–H and O–H groups in total. The van der Waals surface area contributed by atoms with Gasteiger partial charge in [-0.2, -0.15) is 0 Å². The summed E-state index contributed by atoms with van der Waals surface area (Å²) in [6.45, 7) is 12.1. The first-order chi connectivity index (χ1) is 15.5. The van der Waals surface area contributed by atoms with E-state index in [-0.39, 0.29) is 24.5 Å². The summed E-state index contributed by atoms with van der Waals surface area (Å²) < 4.78 is 10.5. The highest BCUT2D eigenvalue weighted by atomic mass is 16.6. The number of nitrogens with one attached hydrogen (secondary N) is 3. The Morgan fingerprint density at radius 2 is 1.61 bits per heavy atom. The van der Waals surface area contributed by atoms with Gasteiger partial charge in [0.25, 0.3) is 0 Å². The highest BCUT2D eigenvalue weighted by molar-refractivity contribution is 5.85. The number of carbonyl (C=O) groups excluding carboxylic acids is 3. The molecule has 0 aromatic heterocycles. The number of benzene rings is 1. The highest BCUT2D eigenvalue weighted by Crippen LogP contribution is 2.09. The maximum Gasteiger partial charge on any atom is 0.408 e. The van der Waals surface area contributed by atoms with E-state index in [1.54, 1.807) is 0 Å². The lowest BCUT2D eigenvalue weighted by Crippen LogP contribution is -2.49. The largest absolute Gasteiger partial charge is 0.445 e. The lowest BCUT2D eigenvalue weighted by atomic mass is 10.0. The third-order valence-corrected chi connectivity index (χ3v) is 4.65. The fourth-order valence-corrected chi connectivity index (χ4v) is 3.11. The quantitative estimate of drug-likeness (QED) is 0.395. The second kappa shape index (κ2) is 14.4. The van der Waals surface area contributed by atoms with E-state index in [0.717, 1.165) is 24.8 Å². The Labute approximate surface area is 198 Å². The normalized spacial score (nSPS) is 13.1. The maximum absolute atomic E-state index is 12.8. The van der Waals surface area contributed by atoms with Crippen LogP contribution < -0.4 is 16.0 Å². The molecule has 0 aliphatic rings. The van der Waals surface area contributed by atoms with Crippen molar-refractivity contribution in [3.63, 3.8) is 0 Å². The second-order valence-corrected chi connectivity index (χ2v) is 9.72. The van der Waals surface area contributed by atoms with Crippen LogP contribution in [0.15, 0.2) is 30.3 Å². The van der Waals surface area contributed by atoms with Crippen LogP contribution in [0.25, 0.3) is 0 Å². The van der Waals surface area contributed by atoms with Crippen molar-refractivity contribution in [3.05, 3.63) is 35.9 Å². The lowest BCUT2D eigenvalue weighted by Gasteiger charge is -2.22. The van der Waals surface area contributed by atoms with E-state index in [0.29, 0.717) is 13.0 Å². The summed E-state index contributed by atoms with van der Waals surface area (Å²) in [5.41, 5.74) is 0.365. The van der Waals surface area contributed by atoms with E-state index in [4.69, 9.17) is 9.47 Å². The van der Waals surface area contributed by atoms with Crippen molar-refractivity contribution in [2.45, 2.75) is 91.5 Å². The summed E-state index contributed by atoms with van der Waals surface area (Å²) in [7, 11) is 0. The fourth-order valence-electron chi connectivity index (χ4n) is 3.11. The van der Waals surface area contributed by atoms with E-state index in [2.05, 4.69) is 16.0 Å². The molecule has 0 saturated heterocycles. The Morgan fingerprint density at radius 3 is 2.21 bits per heavy atom. The van der Waals surface area contributed by atoms with Gasteiger partial charge in [0.2, 0.25) is 5.91 Å². The number of unbranched alkanes of at least 4 members (excludes halogenated alkanes) is 1. The predicted molar refractivity (Wildman–Crippen MR) is 129 cm³/mol. The molecule has 0 radical (unpaired) electrons. The molecule has 0 aliphatic heterocycles. The molecule has 8 nitrogen and oxygen atoms in total. The number of amides is 3. The molecule has 2 atom stereocenters. The smallest absolute Gasteiger partial charge is 0.408 e. The van der Waals surface area contributed by atoms with Crippen LogP contribution >= 0.6 is 0 Å². The Bertz CT molecular complexity index is 731. The van der Waals surface area contributed by atoms with Gasteiger partial charge in [-0.05, 0) is 64.9 Å². The van der Waals surface area contributed by atoms with Gasteiger partial charge in [-0.3, -0.25) is 4.79 Å². The van der Waals surface area contributed by atoms with Crippen molar-refractivity contribution in [2.24, 2.45) is 5.92 Å². The summed E-state index contributed by atoms with van der Waals surface area (Å²) in [6, 6.07) is 8.67. The van der Waals surface area contributed by atoms with Crippen molar-refractivity contribution in [3.8, 4) is 0 Å². The zero-order chi connectivity index (χ0) is 24.9. The summed E-state index contributed by atoms with van der Waals surface area (Å²) in [5, 5.41) is 8.40. The van der Waals surface area contributed by atoms with E-state index in [1.165, 1.54) is 0 Å². The molecule has 33 heavy (non-hydrogen) atoms. The van der Waals surface area contributed by atoms with Gasteiger partial charge < -0.3 is 25.4 Å². The van der Waals surface area contributed by atoms with Gasteiger partial charge in [0, 0.05) is 12.6 Å². The minimum absolute atomic E-state index is 0.0594. The molecule has 0 aliphatic carbocycles. The topological polar surface area (TPSA) is 106 Å². The number of hydrogen-bond donors (Lipinski definition) is 3. The van der Waals surface area contributed by atoms with Crippen molar-refractivity contribution >= 4 is 18.1 Å². The molecule has 1 aromatic carbocycles. The van der Waals surface area contributed by atoms with Crippen molar-refractivity contribution < 1.29 is 23.9 Å². The molecule has 8 heteroatoms. The van der Waals surface area contributed by atoms with E-state index in [9.17, 15) is 14.4 Å². The van der Waals surface area contributed by atoms with Gasteiger partial charge in [0.05, 0.1) is 0 Å². The van der Waals surface area contributed by atoms with Gasteiger partial charge in [0.1, 0.15) is 18.2 Å². The van der Waals surface area contributed by atoms with Crippen LogP contribution in [-0.2, 0) is 20.9 Å². The Balaban J connectivity index is 2.38. The number of ether oxygens (including phenoxy) is 2. The minimum atomic E-state index is -0.662. The van der Waals surface area contributed by atoms with Crippen LogP contribution in [0.1, 0.15) is 72.8 Å². The lowest BCUT2D eigenvalue weighted by molar-refractivity contribution is -0.124. The maximum atomic E-state index is 12.8. The zero-order valence-corrected chi connectivity index (χ0v) is 20.9. The van der Waals surface area contributed by atoms with Gasteiger partial charge in [-0.15, -0.1) is 0 Å². The molecule has 0 fully saturated rings. The predicted octanol–water partition coefficient (Wildman–Crippen LogP) is 4.53. The molecule has 0 unspecified atom stereocenters. The molecule has 0 spiro atoms. The Kier molecular flexibility index (Phi) is 12.3. The monoisotopic (exact) mass is 463 g/mol. The van der Waals surface area contributed by atoms with Gasteiger partial charge in [-0.1, -0.05) is 44.2 Å². The number of rotatable bonds is 12. The molecule has 3 amide bonds. The molecule has 0 heterocycles. The van der Waals surface area contributed by atoms with Crippen LogP contribution in [0.2, 0.25) is 0 Å². The van der Waals surface area contributed by atoms with Crippen LogP contribution in [0.3, 0.4) is 0 Å². The highest BCUT2D eigenvalue weighted by Gasteiger charge is 2.24. The molecule has 186 valence electrons. The van der Waals surface area contributed by atoms with Crippen molar-refractivity contribution in [2.75, 3.05) is 6.54 Å². The Morgan fingerprint density at radius 1 is 0.939 bits per heavy atom. The van der Waals surface area contributed by atoms with Crippen LogP contribution in [0.5, 0.6) is 0 Å². The molecular formula is C25H41N3O5. The second-order valence-electron chi connectivity index (χ2n) is 9.72. The molecule has 0 bridgehead atoms. The van der Waals surface area contributed by atoms with Gasteiger partial charge >= 0.3 is 12.2 Å². The van der Waals surface area contributed by atoms with E-state index < -0.39 is 23.8 Å². The van der Waals surface area contributed by atoms with Crippen molar-refractivity contribution in [1.82, 2.24) is 16.0 Å². The first-order valence-corrected chi connectivity index (χ1v) is 11.7. The Hall–Kier alpha value is -2.77. The first kappa shape index (κ1) is 28.3. The summed E-state index contributed by atoms with van der Waals surface area (Å²) >= 11 is 0. The van der Waals surface area contributed by atoms with Crippen molar-refractivity contribution in [1.29, 1.82) is 0 Å². The minimum Gasteiger partial charge on any atom is -0.445 e. The standard InChI is InChI=1S/C25H41N3O5/c1-18(2)16-21(28-24(31)32-17-20-13-8-7-9-14-20)22(29)27-19(3)12-10-11-15-26-23(30)33-25(4,5)6/h7-9,13-14,18-19,21H,10-12,15-17H2,1-6H3,(H,26,30)(H,27,29)(H,28,31)/t19-,21-/m1/s1. The fraction of sp³-hybridized carbons (Fsp3) is 0.640. The van der Waals surface area contributed by atoms with E-state index in [1.807, 2.05) is 71.9 Å². The molecule has 1 rings (SSSR count). The van der Waals surface area contributed by atoms with Crippen LogP contribution in [0, 0.1) is 5.92 Å². The van der Waals surface area contributed by atoms with Gasteiger partial charge in [-0.25, -0.2) is 9.59 Å².